The van der Waals surface area contributed by atoms with Gasteiger partial charge in [0.25, 0.3) is 0 Å². The van der Waals surface area contributed by atoms with E-state index in [1.807, 2.05) is 0 Å². The normalized spacial score (nSPS) is 13.2. The predicted molar refractivity (Wildman–Crippen MR) is 131 cm³/mol. The van der Waals surface area contributed by atoms with Gasteiger partial charge in [-0.25, -0.2) is 9.13 Å². The minimum atomic E-state index is -0.892. The molecule has 0 aliphatic heterocycles. The third-order valence-corrected chi connectivity index (χ3v) is 5.68. The minimum absolute atomic E-state index is 0.183. The summed E-state index contributed by atoms with van der Waals surface area (Å²) in [5.74, 6) is -0.596. The molecule has 2 aromatic heterocycles. The van der Waals surface area contributed by atoms with Crippen LogP contribution in [0.3, 0.4) is 0 Å². The van der Waals surface area contributed by atoms with Crippen molar-refractivity contribution in [1.29, 1.82) is 0 Å². The third kappa shape index (κ3) is 8.02. The lowest BCUT2D eigenvalue weighted by atomic mass is 9.95. The van der Waals surface area contributed by atoms with E-state index in [-0.39, 0.29) is 44.4 Å². The third-order valence-electron chi connectivity index (χ3n) is 5.68. The standard InChI is InChI=1S/C20H32N10O7/c1-19(2,15(24-31)5-10-27-12-7-21-17(27)29(33)34)23-9-14-37-26-20(3,4)16(25-32)6-11-28-13-8-22-18(28)30(35)36/h7-8,12-13,23,26,31-32H,5-6,9-11,14H2,1-4H3. The molecular formula is C20H32N10O7. The first-order chi connectivity index (χ1) is 17.4. The average molecular weight is 525 g/mol. The van der Waals surface area contributed by atoms with Gasteiger partial charge in [0.05, 0.1) is 42.2 Å². The molecule has 37 heavy (non-hydrogen) atoms. The number of nitrogens with one attached hydrogen (secondary N) is 2. The van der Waals surface area contributed by atoms with Crippen LogP contribution >= 0.6 is 0 Å². The molecule has 204 valence electrons. The molecule has 2 rings (SSSR count). The summed E-state index contributed by atoms with van der Waals surface area (Å²) in [5, 5.41) is 50.9. The van der Waals surface area contributed by atoms with E-state index in [1.54, 1.807) is 27.7 Å². The van der Waals surface area contributed by atoms with Crippen molar-refractivity contribution < 1.29 is 25.1 Å². The van der Waals surface area contributed by atoms with E-state index in [9.17, 15) is 30.6 Å². The zero-order valence-electron chi connectivity index (χ0n) is 21.1. The highest BCUT2D eigenvalue weighted by atomic mass is 16.6. The maximum atomic E-state index is 11.0. The second kappa shape index (κ2) is 12.8. The van der Waals surface area contributed by atoms with Gasteiger partial charge in [0, 0.05) is 19.4 Å². The minimum Gasteiger partial charge on any atom is -0.411 e. The van der Waals surface area contributed by atoms with Gasteiger partial charge in [-0.05, 0) is 37.5 Å². The summed E-state index contributed by atoms with van der Waals surface area (Å²) in [4.78, 5) is 33.8. The molecular weight excluding hydrogens is 492 g/mol. The summed E-state index contributed by atoms with van der Waals surface area (Å²) < 4.78 is 2.71. The first-order valence-corrected chi connectivity index (χ1v) is 11.3. The van der Waals surface area contributed by atoms with Gasteiger partial charge in [-0.1, -0.05) is 20.3 Å². The smallest absolute Gasteiger partial charge is 0.411 e. The molecule has 0 aliphatic carbocycles. The van der Waals surface area contributed by atoms with E-state index in [1.165, 1.54) is 33.9 Å². The summed E-state index contributed by atoms with van der Waals surface area (Å²) in [7, 11) is 0. The molecule has 0 saturated carbocycles. The number of nitrogens with zero attached hydrogens (tertiary/aromatic N) is 8. The predicted octanol–water partition coefficient (Wildman–Crippen LogP) is 1.70. The molecule has 0 radical (unpaired) electrons. The van der Waals surface area contributed by atoms with E-state index in [2.05, 4.69) is 31.1 Å². The molecule has 0 spiro atoms. The number of oxime groups is 2. The number of hydrogen-bond acceptors (Lipinski definition) is 13. The molecule has 17 heteroatoms. The van der Waals surface area contributed by atoms with Crippen LogP contribution in [0.15, 0.2) is 35.1 Å². The number of aromatic nitrogens is 4. The lowest BCUT2D eigenvalue weighted by Gasteiger charge is -2.29. The van der Waals surface area contributed by atoms with Crippen LogP contribution in [0.1, 0.15) is 40.5 Å². The van der Waals surface area contributed by atoms with E-state index >= 15 is 0 Å². The molecule has 4 N–H and O–H groups in total. The van der Waals surface area contributed by atoms with Crippen LogP contribution in [0.4, 0.5) is 11.9 Å². The number of imidazole rings is 2. The van der Waals surface area contributed by atoms with Gasteiger partial charge in [-0.15, -0.1) is 0 Å². The zero-order chi connectivity index (χ0) is 27.6. The molecule has 17 nitrogen and oxygen atoms in total. The van der Waals surface area contributed by atoms with Crippen LogP contribution in [0.25, 0.3) is 0 Å². The van der Waals surface area contributed by atoms with E-state index in [0.717, 1.165) is 0 Å². The number of aryl methyl sites for hydroxylation is 2. The Hall–Kier alpha value is -3.96. The fraction of sp³-hybridized carbons (Fsp3) is 0.600. The molecule has 0 bridgehead atoms. The van der Waals surface area contributed by atoms with Crippen LogP contribution in [0.5, 0.6) is 0 Å². The van der Waals surface area contributed by atoms with Crippen molar-refractivity contribution in [2.75, 3.05) is 13.2 Å². The zero-order valence-corrected chi connectivity index (χ0v) is 21.1. The Labute approximate surface area is 212 Å². The monoisotopic (exact) mass is 524 g/mol. The Morgan fingerprint density at radius 2 is 1.41 bits per heavy atom. The van der Waals surface area contributed by atoms with Crippen molar-refractivity contribution in [1.82, 2.24) is 29.9 Å². The highest BCUT2D eigenvalue weighted by Crippen LogP contribution is 2.15. The molecule has 0 fully saturated rings. The Morgan fingerprint density at radius 1 is 0.946 bits per heavy atom. The van der Waals surface area contributed by atoms with Crippen LogP contribution in [0, 0.1) is 20.2 Å². The SMILES string of the molecule is CC(C)(NCCONC(C)(C)C(CCn1ccnc1[N+](=O)[O-])=NO)C(CCn1ccnc1[N+](=O)[O-])=NO. The van der Waals surface area contributed by atoms with Crippen LogP contribution < -0.4 is 10.8 Å². The van der Waals surface area contributed by atoms with Crippen molar-refractivity contribution in [2.45, 2.75) is 64.7 Å². The van der Waals surface area contributed by atoms with Crippen molar-refractivity contribution >= 4 is 23.3 Å². The first-order valence-electron chi connectivity index (χ1n) is 11.3. The van der Waals surface area contributed by atoms with Gasteiger partial charge in [0.1, 0.15) is 24.8 Å². The fourth-order valence-electron chi connectivity index (χ4n) is 3.53. The summed E-state index contributed by atoms with van der Waals surface area (Å²) in [6, 6.07) is 0. The molecule has 0 saturated heterocycles. The maximum absolute atomic E-state index is 11.0. The van der Waals surface area contributed by atoms with Crippen molar-refractivity contribution in [3.05, 3.63) is 45.0 Å². The Morgan fingerprint density at radius 3 is 1.84 bits per heavy atom. The largest absolute Gasteiger partial charge is 0.434 e. The number of hydroxylamine groups is 1. The Bertz CT molecular complexity index is 1040. The topological polar surface area (TPSA) is 220 Å². The highest BCUT2D eigenvalue weighted by Gasteiger charge is 2.29. The quantitative estimate of drug-likeness (QED) is 0.0813. The molecule has 0 aliphatic rings. The summed E-state index contributed by atoms with van der Waals surface area (Å²) in [6.07, 6.45) is 6.05. The van der Waals surface area contributed by atoms with Crippen molar-refractivity contribution in [3.8, 4) is 0 Å². The Kier molecular flexibility index (Phi) is 10.2. The number of rotatable bonds is 16. The van der Waals surface area contributed by atoms with E-state index in [0.29, 0.717) is 18.0 Å². The van der Waals surface area contributed by atoms with E-state index in [4.69, 9.17) is 4.84 Å². The van der Waals surface area contributed by atoms with Gasteiger partial charge in [0.2, 0.25) is 0 Å². The van der Waals surface area contributed by atoms with Gasteiger partial charge in [0.15, 0.2) is 0 Å². The molecule has 0 unspecified atom stereocenters. The van der Waals surface area contributed by atoms with Crippen molar-refractivity contribution in [2.24, 2.45) is 10.3 Å². The van der Waals surface area contributed by atoms with E-state index < -0.39 is 20.9 Å². The maximum Gasteiger partial charge on any atom is 0.434 e. The number of hydrogen-bond donors (Lipinski definition) is 4. The van der Waals surface area contributed by atoms with Gasteiger partial charge >= 0.3 is 11.9 Å². The summed E-state index contributed by atoms with van der Waals surface area (Å²) in [6.45, 7) is 7.97. The summed E-state index contributed by atoms with van der Waals surface area (Å²) in [5.41, 5.74) is 1.88. The number of nitro groups is 2. The molecule has 0 amide bonds. The van der Waals surface area contributed by atoms with Crippen LogP contribution in [-0.4, -0.2) is 75.0 Å². The molecule has 2 heterocycles. The lowest BCUT2D eigenvalue weighted by molar-refractivity contribution is -0.396. The van der Waals surface area contributed by atoms with Crippen LogP contribution in [-0.2, 0) is 17.9 Å². The fourth-order valence-corrected chi connectivity index (χ4v) is 3.53. The molecule has 2 aromatic rings. The van der Waals surface area contributed by atoms with Crippen molar-refractivity contribution in [3.63, 3.8) is 0 Å². The van der Waals surface area contributed by atoms with Crippen LogP contribution in [0.2, 0.25) is 0 Å². The second-order valence-corrected chi connectivity index (χ2v) is 9.08. The second-order valence-electron chi connectivity index (χ2n) is 9.08. The molecule has 0 aromatic carbocycles. The van der Waals surface area contributed by atoms with Gasteiger partial charge < -0.3 is 36.0 Å². The molecule has 0 atom stereocenters. The van der Waals surface area contributed by atoms with Gasteiger partial charge in [-0.3, -0.25) is 4.84 Å². The lowest BCUT2D eigenvalue weighted by Crippen LogP contribution is -2.50. The average Bonchev–Trinajstić information content (AvgIpc) is 3.49. The first kappa shape index (κ1) is 29.3. The Balaban J connectivity index is 1.81. The van der Waals surface area contributed by atoms with Gasteiger partial charge in [-0.2, -0.15) is 5.48 Å². The highest BCUT2D eigenvalue weighted by molar-refractivity contribution is 5.92. The summed E-state index contributed by atoms with van der Waals surface area (Å²) >= 11 is 0.